The van der Waals surface area contributed by atoms with E-state index in [0.717, 1.165) is 0 Å². The Kier molecular flexibility index (Phi) is 6.06. The first-order chi connectivity index (χ1) is 15.6. The standard InChI is InChI=1S/C21H21N5O6/c1-28-14-6-4-3-5-13(14)23-21-25-17(24-20(22)26-21)11-32-19(27)12-9-15(29-2)18-16(10-12)30-7-8-31-18/h3-6,9-10H,7-8,11H2,1-2H3,(H3,22,23,24,25,26). The van der Waals surface area contributed by atoms with Crippen molar-refractivity contribution in [3.05, 3.63) is 47.8 Å². The van der Waals surface area contributed by atoms with Crippen LogP contribution in [-0.4, -0.2) is 48.4 Å². The number of carbonyl (C=O) groups excluding carboxylic acids is 1. The first kappa shape index (κ1) is 21.0. The fourth-order valence-electron chi connectivity index (χ4n) is 3.03. The van der Waals surface area contributed by atoms with Crippen molar-refractivity contribution in [3.63, 3.8) is 0 Å². The van der Waals surface area contributed by atoms with Crippen LogP contribution in [0.3, 0.4) is 0 Å². The number of nitrogen functional groups attached to an aromatic ring is 1. The number of benzene rings is 2. The fourth-order valence-corrected chi connectivity index (χ4v) is 3.03. The molecule has 0 spiro atoms. The minimum atomic E-state index is -0.613. The number of nitrogens with two attached hydrogens (primary N) is 1. The molecule has 11 nitrogen and oxygen atoms in total. The highest BCUT2D eigenvalue weighted by Gasteiger charge is 2.22. The lowest BCUT2D eigenvalue weighted by Gasteiger charge is -2.21. The van der Waals surface area contributed by atoms with E-state index in [-0.39, 0.29) is 29.9 Å². The first-order valence-corrected chi connectivity index (χ1v) is 9.62. The summed E-state index contributed by atoms with van der Waals surface area (Å²) in [5.41, 5.74) is 6.68. The Morgan fingerprint density at radius 1 is 1.06 bits per heavy atom. The van der Waals surface area contributed by atoms with Crippen LogP contribution in [0.2, 0.25) is 0 Å². The van der Waals surface area contributed by atoms with E-state index in [9.17, 15) is 4.79 Å². The lowest BCUT2D eigenvalue weighted by atomic mass is 10.1. The summed E-state index contributed by atoms with van der Waals surface area (Å²) in [5, 5.41) is 3.02. The lowest BCUT2D eigenvalue weighted by Crippen LogP contribution is -2.17. The molecule has 1 aliphatic heterocycles. The van der Waals surface area contributed by atoms with Gasteiger partial charge in [0, 0.05) is 0 Å². The van der Waals surface area contributed by atoms with E-state index < -0.39 is 5.97 Å². The molecular weight excluding hydrogens is 418 g/mol. The number of nitrogens with zero attached hydrogens (tertiary/aromatic N) is 3. The number of anilines is 3. The average molecular weight is 439 g/mol. The topological polar surface area (TPSA) is 140 Å². The monoisotopic (exact) mass is 439 g/mol. The second-order valence-corrected chi connectivity index (χ2v) is 6.54. The zero-order valence-corrected chi connectivity index (χ0v) is 17.5. The number of hydrogen-bond acceptors (Lipinski definition) is 11. The van der Waals surface area contributed by atoms with Gasteiger partial charge in [-0.3, -0.25) is 0 Å². The van der Waals surface area contributed by atoms with E-state index in [0.29, 0.717) is 41.9 Å². The van der Waals surface area contributed by atoms with Crippen LogP contribution in [0.4, 0.5) is 17.6 Å². The van der Waals surface area contributed by atoms with E-state index in [1.54, 1.807) is 19.2 Å². The van der Waals surface area contributed by atoms with Crippen molar-refractivity contribution in [2.24, 2.45) is 0 Å². The quantitative estimate of drug-likeness (QED) is 0.524. The van der Waals surface area contributed by atoms with Crippen molar-refractivity contribution in [1.29, 1.82) is 0 Å². The van der Waals surface area contributed by atoms with Crippen LogP contribution in [0.5, 0.6) is 23.0 Å². The van der Waals surface area contributed by atoms with Gasteiger partial charge < -0.3 is 34.7 Å². The third kappa shape index (κ3) is 4.56. The molecule has 0 fully saturated rings. The molecule has 0 unspecified atom stereocenters. The molecule has 0 atom stereocenters. The van der Waals surface area contributed by atoms with Crippen LogP contribution >= 0.6 is 0 Å². The Morgan fingerprint density at radius 3 is 2.66 bits per heavy atom. The highest BCUT2D eigenvalue weighted by molar-refractivity contribution is 5.91. The number of ether oxygens (including phenoxy) is 5. The van der Waals surface area contributed by atoms with Gasteiger partial charge in [-0.25, -0.2) is 4.79 Å². The van der Waals surface area contributed by atoms with Gasteiger partial charge in [0.25, 0.3) is 0 Å². The summed E-state index contributed by atoms with van der Waals surface area (Å²) in [6, 6.07) is 10.3. The zero-order valence-electron chi connectivity index (χ0n) is 17.5. The van der Waals surface area contributed by atoms with Gasteiger partial charge in [0.05, 0.1) is 25.5 Å². The molecule has 11 heteroatoms. The van der Waals surface area contributed by atoms with Gasteiger partial charge in [-0.05, 0) is 24.3 Å². The van der Waals surface area contributed by atoms with Gasteiger partial charge in [0.1, 0.15) is 19.0 Å². The summed E-state index contributed by atoms with van der Waals surface area (Å²) in [6.45, 7) is 0.558. The SMILES string of the molecule is COc1ccccc1Nc1nc(N)nc(COC(=O)c2cc(OC)c3c(c2)OCCO3)n1. The van der Waals surface area contributed by atoms with Crippen LogP contribution in [0.25, 0.3) is 0 Å². The third-order valence-electron chi connectivity index (χ3n) is 4.45. The third-order valence-corrected chi connectivity index (χ3v) is 4.45. The summed E-state index contributed by atoms with van der Waals surface area (Å²) in [5.74, 6) is 1.57. The smallest absolute Gasteiger partial charge is 0.338 e. The van der Waals surface area contributed by atoms with Crippen LogP contribution < -0.4 is 30.0 Å². The highest BCUT2D eigenvalue weighted by Crippen LogP contribution is 2.40. The Labute approximate surface area is 183 Å². The molecule has 3 N–H and O–H groups in total. The van der Waals surface area contributed by atoms with Crippen LogP contribution in [0, 0.1) is 0 Å². The fraction of sp³-hybridized carbons (Fsp3) is 0.238. The minimum absolute atomic E-state index is 0.0237. The van der Waals surface area contributed by atoms with E-state index in [2.05, 4.69) is 20.3 Å². The summed E-state index contributed by atoms with van der Waals surface area (Å²) in [6.07, 6.45) is 0. The molecule has 0 bridgehead atoms. The Bertz CT molecular complexity index is 1120. The number of fused-ring (bicyclic) bond motifs is 1. The van der Waals surface area contributed by atoms with Gasteiger partial charge in [-0.15, -0.1) is 0 Å². The second kappa shape index (κ2) is 9.25. The van der Waals surface area contributed by atoms with Crippen molar-refractivity contribution in [2.45, 2.75) is 6.61 Å². The van der Waals surface area contributed by atoms with E-state index in [1.807, 2.05) is 12.1 Å². The van der Waals surface area contributed by atoms with Gasteiger partial charge in [0.15, 0.2) is 23.9 Å². The predicted molar refractivity (Wildman–Crippen MR) is 114 cm³/mol. The predicted octanol–water partition coefficient (Wildman–Crippen LogP) is 2.34. The molecular formula is C21H21N5O6. The Hall–Kier alpha value is -4.28. The maximum absolute atomic E-state index is 12.6. The highest BCUT2D eigenvalue weighted by atomic mass is 16.6. The maximum Gasteiger partial charge on any atom is 0.338 e. The van der Waals surface area contributed by atoms with Gasteiger partial charge in [-0.1, -0.05) is 12.1 Å². The summed E-state index contributed by atoms with van der Waals surface area (Å²) < 4.78 is 27.0. The molecule has 1 aromatic heterocycles. The van der Waals surface area contributed by atoms with Crippen molar-refractivity contribution in [1.82, 2.24) is 15.0 Å². The summed E-state index contributed by atoms with van der Waals surface area (Å²) >= 11 is 0. The Morgan fingerprint density at radius 2 is 1.84 bits per heavy atom. The van der Waals surface area contributed by atoms with Crippen LogP contribution in [0.15, 0.2) is 36.4 Å². The normalized spacial score (nSPS) is 12.1. The number of nitrogens with one attached hydrogen (secondary N) is 1. The summed E-state index contributed by atoms with van der Waals surface area (Å²) in [7, 11) is 3.03. The molecule has 0 amide bonds. The van der Waals surface area contributed by atoms with Crippen molar-refractivity contribution in [3.8, 4) is 23.0 Å². The van der Waals surface area contributed by atoms with Crippen molar-refractivity contribution < 1.29 is 28.5 Å². The average Bonchev–Trinajstić information content (AvgIpc) is 2.81. The van der Waals surface area contributed by atoms with Crippen molar-refractivity contribution >= 4 is 23.6 Å². The Balaban J connectivity index is 1.49. The maximum atomic E-state index is 12.6. The molecule has 3 aromatic rings. The number of hydrogen-bond donors (Lipinski definition) is 2. The first-order valence-electron chi connectivity index (χ1n) is 9.62. The number of aromatic nitrogens is 3. The molecule has 166 valence electrons. The molecule has 2 aromatic carbocycles. The molecule has 32 heavy (non-hydrogen) atoms. The van der Waals surface area contributed by atoms with Gasteiger partial charge in [0.2, 0.25) is 17.6 Å². The molecule has 2 heterocycles. The minimum Gasteiger partial charge on any atom is -0.495 e. The number of methoxy groups -OCH3 is 2. The molecule has 1 aliphatic rings. The van der Waals surface area contributed by atoms with Gasteiger partial charge in [-0.2, -0.15) is 15.0 Å². The summed E-state index contributed by atoms with van der Waals surface area (Å²) in [4.78, 5) is 25.0. The van der Waals surface area contributed by atoms with Crippen molar-refractivity contribution in [2.75, 3.05) is 38.5 Å². The van der Waals surface area contributed by atoms with Crippen LogP contribution in [0.1, 0.15) is 16.2 Å². The number of carbonyl (C=O) groups is 1. The number of esters is 1. The zero-order chi connectivity index (χ0) is 22.5. The molecule has 0 aliphatic carbocycles. The van der Waals surface area contributed by atoms with E-state index in [4.69, 9.17) is 29.4 Å². The largest absolute Gasteiger partial charge is 0.495 e. The second-order valence-electron chi connectivity index (χ2n) is 6.54. The van der Waals surface area contributed by atoms with Gasteiger partial charge >= 0.3 is 5.97 Å². The molecule has 0 saturated carbocycles. The molecule has 0 saturated heterocycles. The molecule has 4 rings (SSSR count). The molecule has 0 radical (unpaired) electrons. The number of rotatable bonds is 7. The lowest BCUT2D eigenvalue weighted by molar-refractivity contribution is 0.0460. The number of para-hydroxylation sites is 2. The van der Waals surface area contributed by atoms with E-state index in [1.165, 1.54) is 19.2 Å². The van der Waals surface area contributed by atoms with E-state index >= 15 is 0 Å². The van der Waals surface area contributed by atoms with Crippen LogP contribution in [-0.2, 0) is 11.3 Å².